The Hall–Kier alpha value is -4.14. The van der Waals surface area contributed by atoms with Gasteiger partial charge in [0.05, 0.1) is 5.52 Å². The number of aromatic amines is 2. The smallest absolute Gasteiger partial charge is 0.327 e. The number of anilines is 2. The second-order valence-electron chi connectivity index (χ2n) is 8.84. The lowest BCUT2D eigenvalue weighted by molar-refractivity contribution is 0.0989. The largest absolute Gasteiger partial charge is 0.358 e. The molecule has 3 aromatic heterocycles. The van der Waals surface area contributed by atoms with Gasteiger partial charge in [0, 0.05) is 49.2 Å². The zero-order valence-electron chi connectivity index (χ0n) is 18.5. The summed E-state index contributed by atoms with van der Waals surface area (Å²) in [5.41, 5.74) is 3.39. The molecule has 172 valence electrons. The van der Waals surface area contributed by atoms with Crippen LogP contribution in [0.2, 0.25) is 0 Å². The van der Waals surface area contributed by atoms with Gasteiger partial charge in [-0.2, -0.15) is 0 Å². The second-order valence-corrected chi connectivity index (χ2v) is 8.84. The molecule has 0 saturated carbocycles. The number of fused-ring (bicyclic) bond motifs is 2. The third-order valence-electron chi connectivity index (χ3n) is 6.87. The van der Waals surface area contributed by atoms with Crippen molar-refractivity contribution in [2.45, 2.75) is 25.3 Å². The number of carbonyl (C=O) groups excluding carboxylic acids is 1. The predicted octanol–water partition coefficient (Wildman–Crippen LogP) is 2.46. The number of carbonyl (C=O) groups is 1. The standard InChI is InChI=1S/C25H24N6O3/c32-22-15-17(24(33)30-13-7-16-4-1-2-5-19(16)30)14-21(27-22)29-11-8-18(9-12-29)31-20-6-3-10-26-23(20)28-25(31)34/h1-6,10,14-15,18H,7-9,11-13H2,(H,27,32)(H,26,28,34). The Morgan fingerprint density at radius 2 is 1.79 bits per heavy atom. The molecule has 4 aromatic rings. The topological polar surface area (TPSA) is 107 Å². The van der Waals surface area contributed by atoms with Gasteiger partial charge in [0.1, 0.15) is 5.82 Å². The lowest BCUT2D eigenvalue weighted by Crippen LogP contribution is -2.38. The van der Waals surface area contributed by atoms with Crippen molar-refractivity contribution < 1.29 is 4.79 Å². The molecule has 9 nitrogen and oxygen atoms in total. The molecule has 1 amide bonds. The van der Waals surface area contributed by atoms with Crippen molar-refractivity contribution in [2.75, 3.05) is 29.4 Å². The van der Waals surface area contributed by atoms with Crippen molar-refractivity contribution in [3.8, 4) is 0 Å². The number of pyridine rings is 2. The third kappa shape index (κ3) is 3.40. The quantitative estimate of drug-likeness (QED) is 0.493. The average Bonchev–Trinajstić information content (AvgIpc) is 3.43. The molecule has 1 saturated heterocycles. The molecular weight excluding hydrogens is 432 g/mol. The molecule has 2 aliphatic rings. The fraction of sp³-hybridized carbons (Fsp3) is 0.280. The van der Waals surface area contributed by atoms with Gasteiger partial charge in [-0.05, 0) is 49.1 Å². The Morgan fingerprint density at radius 1 is 0.971 bits per heavy atom. The number of aromatic nitrogens is 4. The summed E-state index contributed by atoms with van der Waals surface area (Å²) in [6.45, 7) is 1.92. The molecule has 0 aliphatic carbocycles. The molecule has 2 N–H and O–H groups in total. The highest BCUT2D eigenvalue weighted by atomic mass is 16.2. The van der Waals surface area contributed by atoms with Crippen LogP contribution in [0.1, 0.15) is 34.8 Å². The normalized spacial score (nSPS) is 16.2. The van der Waals surface area contributed by atoms with Gasteiger partial charge in [0.15, 0.2) is 5.65 Å². The fourth-order valence-electron chi connectivity index (χ4n) is 5.21. The molecule has 9 heteroatoms. The number of imidazole rings is 1. The maximum Gasteiger partial charge on any atom is 0.327 e. The first-order valence-electron chi connectivity index (χ1n) is 11.5. The number of benzene rings is 1. The molecule has 0 bridgehead atoms. The summed E-state index contributed by atoms with van der Waals surface area (Å²) < 4.78 is 1.78. The number of H-pyrrole nitrogens is 2. The van der Waals surface area contributed by atoms with Gasteiger partial charge >= 0.3 is 5.69 Å². The molecule has 34 heavy (non-hydrogen) atoms. The van der Waals surface area contributed by atoms with E-state index >= 15 is 0 Å². The minimum Gasteiger partial charge on any atom is -0.358 e. The van der Waals surface area contributed by atoms with Crippen LogP contribution in [0.25, 0.3) is 11.2 Å². The van der Waals surface area contributed by atoms with E-state index in [0.29, 0.717) is 36.7 Å². The van der Waals surface area contributed by atoms with Gasteiger partial charge in [-0.25, -0.2) is 9.78 Å². The summed E-state index contributed by atoms with van der Waals surface area (Å²) >= 11 is 0. The number of hydrogen-bond donors (Lipinski definition) is 2. The molecule has 6 rings (SSSR count). The summed E-state index contributed by atoms with van der Waals surface area (Å²) in [6, 6.07) is 14.8. The van der Waals surface area contributed by atoms with Gasteiger partial charge < -0.3 is 14.8 Å². The zero-order valence-corrected chi connectivity index (χ0v) is 18.5. The van der Waals surface area contributed by atoms with Crippen LogP contribution in [-0.2, 0) is 6.42 Å². The van der Waals surface area contributed by atoms with Crippen molar-refractivity contribution in [1.82, 2.24) is 19.5 Å². The van der Waals surface area contributed by atoms with Crippen molar-refractivity contribution in [2.24, 2.45) is 0 Å². The molecule has 0 radical (unpaired) electrons. The molecule has 1 fully saturated rings. The highest BCUT2D eigenvalue weighted by molar-refractivity contribution is 6.07. The summed E-state index contributed by atoms with van der Waals surface area (Å²) in [5, 5.41) is 0. The Bertz CT molecular complexity index is 1510. The third-order valence-corrected chi connectivity index (χ3v) is 6.87. The van der Waals surface area contributed by atoms with E-state index in [1.165, 1.54) is 6.07 Å². The minimum absolute atomic E-state index is 0.0411. The van der Waals surface area contributed by atoms with Crippen molar-refractivity contribution in [3.63, 3.8) is 0 Å². The first-order valence-corrected chi connectivity index (χ1v) is 11.5. The number of hydrogen-bond acceptors (Lipinski definition) is 5. The first kappa shape index (κ1) is 20.5. The van der Waals surface area contributed by atoms with E-state index in [1.807, 2.05) is 36.4 Å². The lowest BCUT2D eigenvalue weighted by atomic mass is 10.0. The fourth-order valence-corrected chi connectivity index (χ4v) is 5.21. The maximum atomic E-state index is 13.3. The number of amides is 1. The SMILES string of the molecule is O=C(c1cc(N2CCC(n3c(=O)[nH]c4ncccc43)CC2)[nH]c(=O)c1)N1CCc2ccccc21. The molecular formula is C25H24N6O3. The number of nitrogens with one attached hydrogen (secondary N) is 2. The summed E-state index contributed by atoms with van der Waals surface area (Å²) in [4.78, 5) is 52.0. The second kappa shape index (κ2) is 8.02. The highest BCUT2D eigenvalue weighted by Crippen LogP contribution is 2.30. The van der Waals surface area contributed by atoms with E-state index < -0.39 is 0 Å². The van der Waals surface area contributed by atoms with Gasteiger partial charge in [0.2, 0.25) is 5.56 Å². The Labute approximate surface area is 194 Å². The summed E-state index contributed by atoms with van der Waals surface area (Å²) in [7, 11) is 0. The molecule has 0 atom stereocenters. The number of piperidine rings is 1. The van der Waals surface area contributed by atoms with E-state index in [0.717, 1.165) is 36.0 Å². The van der Waals surface area contributed by atoms with E-state index in [2.05, 4.69) is 19.9 Å². The number of para-hydroxylation sites is 1. The summed E-state index contributed by atoms with van der Waals surface area (Å²) in [5.74, 6) is 0.472. The van der Waals surface area contributed by atoms with Crippen molar-refractivity contribution in [3.05, 3.63) is 86.7 Å². The molecule has 2 aliphatic heterocycles. The van der Waals surface area contributed by atoms with Gasteiger partial charge in [-0.15, -0.1) is 0 Å². The van der Waals surface area contributed by atoms with Crippen LogP contribution in [0.3, 0.4) is 0 Å². The van der Waals surface area contributed by atoms with E-state index in [1.54, 1.807) is 21.7 Å². The van der Waals surface area contributed by atoms with Crippen LogP contribution in [0.4, 0.5) is 11.5 Å². The Kier molecular flexibility index (Phi) is 4.83. The zero-order chi connectivity index (χ0) is 23.2. The Morgan fingerprint density at radius 3 is 2.65 bits per heavy atom. The van der Waals surface area contributed by atoms with Crippen molar-refractivity contribution >= 4 is 28.6 Å². The van der Waals surface area contributed by atoms with E-state index in [4.69, 9.17) is 0 Å². The molecule has 1 aromatic carbocycles. The van der Waals surface area contributed by atoms with Crippen LogP contribution in [-0.4, -0.2) is 45.1 Å². The number of nitrogens with zero attached hydrogens (tertiary/aromatic N) is 4. The Balaban J connectivity index is 1.23. The van der Waals surface area contributed by atoms with Gasteiger partial charge in [-0.1, -0.05) is 18.2 Å². The predicted molar refractivity (Wildman–Crippen MR) is 130 cm³/mol. The van der Waals surface area contributed by atoms with Crippen LogP contribution in [0.5, 0.6) is 0 Å². The van der Waals surface area contributed by atoms with Crippen molar-refractivity contribution in [1.29, 1.82) is 0 Å². The van der Waals surface area contributed by atoms with Crippen LogP contribution in [0.15, 0.2) is 64.3 Å². The molecule has 0 spiro atoms. The van der Waals surface area contributed by atoms with Gasteiger partial charge in [-0.3, -0.25) is 19.1 Å². The summed E-state index contributed by atoms with van der Waals surface area (Å²) in [6.07, 6.45) is 3.95. The van der Waals surface area contributed by atoms with Crippen LogP contribution >= 0.6 is 0 Å². The average molecular weight is 457 g/mol. The van der Waals surface area contributed by atoms with E-state index in [9.17, 15) is 14.4 Å². The maximum absolute atomic E-state index is 13.3. The lowest BCUT2D eigenvalue weighted by Gasteiger charge is -2.33. The monoisotopic (exact) mass is 456 g/mol. The molecule has 5 heterocycles. The van der Waals surface area contributed by atoms with Gasteiger partial charge in [0.25, 0.3) is 5.91 Å². The number of rotatable bonds is 3. The minimum atomic E-state index is -0.297. The van der Waals surface area contributed by atoms with E-state index in [-0.39, 0.29) is 23.2 Å². The molecule has 0 unspecified atom stereocenters. The van der Waals surface area contributed by atoms with Crippen LogP contribution in [0, 0.1) is 0 Å². The highest BCUT2D eigenvalue weighted by Gasteiger charge is 2.28. The van der Waals surface area contributed by atoms with Crippen LogP contribution < -0.4 is 21.0 Å². The first-order chi connectivity index (χ1) is 16.6.